The molecule has 184 valence electrons. The Bertz CT molecular complexity index is 858. The summed E-state index contributed by atoms with van der Waals surface area (Å²) in [7, 11) is 0. The number of amides is 1. The average molecular weight is 536 g/mol. The lowest BCUT2D eigenvalue weighted by molar-refractivity contribution is -0.116. The van der Waals surface area contributed by atoms with Crippen molar-refractivity contribution in [1.29, 1.82) is 0 Å². The summed E-state index contributed by atoms with van der Waals surface area (Å²) in [5.74, 6) is 0.102. The van der Waals surface area contributed by atoms with Gasteiger partial charge in [-0.2, -0.15) is 0 Å². The average Bonchev–Trinajstić information content (AvgIpc) is 3.00. The Labute approximate surface area is 220 Å². The van der Waals surface area contributed by atoms with Crippen LogP contribution in [0.4, 0.5) is 5.69 Å². The molecule has 2 aliphatic rings. The van der Waals surface area contributed by atoms with E-state index in [-0.39, 0.29) is 43.1 Å². The molecule has 0 aromatic heterocycles. The molecule has 0 saturated carbocycles. The van der Waals surface area contributed by atoms with Gasteiger partial charge in [0.1, 0.15) is 0 Å². The Morgan fingerprint density at radius 2 is 1.52 bits per heavy atom. The number of benzene rings is 2. The van der Waals surface area contributed by atoms with Crippen molar-refractivity contribution < 1.29 is 4.79 Å². The molecule has 2 aliphatic heterocycles. The molecule has 9 heteroatoms. The Balaban J connectivity index is 0.00000181. The molecule has 0 unspecified atom stereocenters. The van der Waals surface area contributed by atoms with Crippen molar-refractivity contribution in [3.05, 3.63) is 64.2 Å². The van der Waals surface area contributed by atoms with Gasteiger partial charge in [0.25, 0.3) is 0 Å². The molecular formula is C24H34Cl4N4O. The van der Waals surface area contributed by atoms with Crippen molar-refractivity contribution in [3.63, 3.8) is 0 Å². The highest BCUT2D eigenvalue weighted by atomic mass is 35.5. The Hall–Kier alpha value is -1.05. The van der Waals surface area contributed by atoms with Gasteiger partial charge in [-0.05, 0) is 66.9 Å². The Morgan fingerprint density at radius 3 is 2.21 bits per heavy atom. The molecule has 0 spiro atoms. The zero-order valence-corrected chi connectivity index (χ0v) is 21.9. The molecule has 0 atom stereocenters. The fraction of sp³-hybridized carbons (Fsp3) is 0.458. The predicted molar refractivity (Wildman–Crippen MR) is 145 cm³/mol. The Kier molecular flexibility index (Phi) is 13.7. The molecule has 0 aliphatic carbocycles. The largest absolute Gasteiger partial charge is 0.326 e. The van der Waals surface area contributed by atoms with Crippen LogP contribution in [0.25, 0.3) is 0 Å². The van der Waals surface area contributed by atoms with E-state index in [4.69, 9.17) is 11.6 Å². The zero-order chi connectivity index (χ0) is 20.8. The third-order valence-corrected chi connectivity index (χ3v) is 6.32. The summed E-state index contributed by atoms with van der Waals surface area (Å²) in [5, 5.41) is 7.30. The molecule has 1 amide bonds. The maximum Gasteiger partial charge on any atom is 0.225 e. The number of carbonyl (C=O) groups is 1. The standard InChI is InChI=1S/C24H31ClN4O.3ClH/c25-22-4-1-19(2-5-22)18-29-15-13-28(14-16-29)12-9-24(30)27-23-6-3-20-7-10-26-11-8-21(20)17-23;;;/h1-6,17,26H,7-16,18H2,(H,27,30);3*1H. The highest BCUT2D eigenvalue weighted by Crippen LogP contribution is 2.19. The first-order chi connectivity index (χ1) is 14.7. The van der Waals surface area contributed by atoms with E-state index in [0.717, 1.165) is 75.9 Å². The number of hydrogen-bond donors (Lipinski definition) is 2. The van der Waals surface area contributed by atoms with Crippen LogP contribution in [-0.4, -0.2) is 61.5 Å². The van der Waals surface area contributed by atoms with Gasteiger partial charge < -0.3 is 15.5 Å². The van der Waals surface area contributed by atoms with Crippen molar-refractivity contribution >= 4 is 60.4 Å². The first kappa shape index (κ1) is 30.0. The summed E-state index contributed by atoms with van der Waals surface area (Å²) >= 11 is 5.97. The molecule has 2 N–H and O–H groups in total. The van der Waals surface area contributed by atoms with Crippen LogP contribution in [0.3, 0.4) is 0 Å². The second-order valence-electron chi connectivity index (χ2n) is 8.28. The van der Waals surface area contributed by atoms with Crippen molar-refractivity contribution in [2.75, 3.05) is 51.1 Å². The molecule has 5 nitrogen and oxygen atoms in total. The van der Waals surface area contributed by atoms with Gasteiger partial charge in [-0.3, -0.25) is 9.69 Å². The topological polar surface area (TPSA) is 47.6 Å². The minimum atomic E-state index is 0. The lowest BCUT2D eigenvalue weighted by Gasteiger charge is -2.34. The van der Waals surface area contributed by atoms with Crippen LogP contribution in [0, 0.1) is 0 Å². The second-order valence-corrected chi connectivity index (χ2v) is 8.71. The van der Waals surface area contributed by atoms with Crippen LogP contribution in [0.2, 0.25) is 5.02 Å². The molecule has 0 radical (unpaired) electrons. The van der Waals surface area contributed by atoms with Crippen LogP contribution in [0.15, 0.2) is 42.5 Å². The number of fused-ring (bicyclic) bond motifs is 1. The van der Waals surface area contributed by atoms with Gasteiger partial charge in [-0.25, -0.2) is 0 Å². The molecule has 0 bridgehead atoms. The monoisotopic (exact) mass is 534 g/mol. The van der Waals surface area contributed by atoms with Gasteiger partial charge in [-0.1, -0.05) is 29.8 Å². The molecular weight excluding hydrogens is 502 g/mol. The molecule has 33 heavy (non-hydrogen) atoms. The molecule has 2 heterocycles. The number of halogens is 4. The van der Waals surface area contributed by atoms with Crippen molar-refractivity contribution in [3.8, 4) is 0 Å². The van der Waals surface area contributed by atoms with Gasteiger partial charge in [-0.15, -0.1) is 37.2 Å². The zero-order valence-electron chi connectivity index (χ0n) is 18.7. The van der Waals surface area contributed by atoms with E-state index in [2.05, 4.69) is 44.7 Å². The summed E-state index contributed by atoms with van der Waals surface area (Å²) < 4.78 is 0. The second kappa shape index (κ2) is 15.0. The highest BCUT2D eigenvalue weighted by Gasteiger charge is 2.18. The van der Waals surface area contributed by atoms with E-state index >= 15 is 0 Å². The SMILES string of the molecule is Cl.Cl.Cl.O=C(CCN1CCN(Cc2ccc(Cl)cc2)CC1)Nc1ccc2c(c1)CCNCC2. The van der Waals surface area contributed by atoms with Crippen molar-refractivity contribution in [2.45, 2.75) is 25.8 Å². The maximum atomic E-state index is 12.5. The van der Waals surface area contributed by atoms with Gasteiger partial charge in [0.2, 0.25) is 5.91 Å². The van der Waals surface area contributed by atoms with E-state index in [1.165, 1.54) is 16.7 Å². The number of nitrogens with zero attached hydrogens (tertiary/aromatic N) is 2. The third-order valence-electron chi connectivity index (χ3n) is 6.07. The van der Waals surface area contributed by atoms with Gasteiger partial charge in [0.15, 0.2) is 0 Å². The van der Waals surface area contributed by atoms with E-state index < -0.39 is 0 Å². The van der Waals surface area contributed by atoms with Crippen LogP contribution >= 0.6 is 48.8 Å². The minimum absolute atomic E-state index is 0. The summed E-state index contributed by atoms with van der Waals surface area (Å²) in [6, 6.07) is 14.4. The van der Waals surface area contributed by atoms with E-state index in [0.29, 0.717) is 6.42 Å². The number of hydrogen-bond acceptors (Lipinski definition) is 4. The molecule has 1 fully saturated rings. The van der Waals surface area contributed by atoms with Crippen LogP contribution in [-0.2, 0) is 24.2 Å². The number of nitrogens with one attached hydrogen (secondary N) is 2. The first-order valence-corrected chi connectivity index (χ1v) is 11.3. The number of rotatable bonds is 6. The predicted octanol–water partition coefficient (Wildman–Crippen LogP) is 4.44. The third kappa shape index (κ3) is 9.25. The van der Waals surface area contributed by atoms with E-state index in [1.807, 2.05) is 18.2 Å². The fourth-order valence-corrected chi connectivity index (χ4v) is 4.38. The number of carbonyl (C=O) groups excluding carboxylic acids is 1. The van der Waals surface area contributed by atoms with Gasteiger partial charge >= 0.3 is 0 Å². The quantitative estimate of drug-likeness (QED) is 0.574. The summed E-state index contributed by atoms with van der Waals surface area (Å²) in [4.78, 5) is 17.3. The lowest BCUT2D eigenvalue weighted by atomic mass is 10.0. The maximum absolute atomic E-state index is 12.5. The molecule has 2 aromatic rings. The lowest BCUT2D eigenvalue weighted by Crippen LogP contribution is -2.46. The summed E-state index contributed by atoms with van der Waals surface area (Å²) in [6.45, 7) is 7.89. The van der Waals surface area contributed by atoms with Crippen molar-refractivity contribution in [2.24, 2.45) is 0 Å². The summed E-state index contributed by atoms with van der Waals surface area (Å²) in [6.07, 6.45) is 2.63. The number of anilines is 1. The minimum Gasteiger partial charge on any atom is -0.326 e. The Morgan fingerprint density at radius 1 is 0.879 bits per heavy atom. The smallest absolute Gasteiger partial charge is 0.225 e. The van der Waals surface area contributed by atoms with Crippen LogP contribution in [0.5, 0.6) is 0 Å². The van der Waals surface area contributed by atoms with Crippen molar-refractivity contribution in [1.82, 2.24) is 15.1 Å². The van der Waals surface area contributed by atoms with Gasteiger partial charge in [0.05, 0.1) is 0 Å². The normalized spacial score (nSPS) is 16.3. The summed E-state index contributed by atoms with van der Waals surface area (Å²) in [5.41, 5.74) is 4.97. The molecule has 1 saturated heterocycles. The number of piperazine rings is 1. The van der Waals surface area contributed by atoms with E-state index in [1.54, 1.807) is 0 Å². The van der Waals surface area contributed by atoms with E-state index in [9.17, 15) is 4.79 Å². The van der Waals surface area contributed by atoms with Gasteiger partial charge in [0, 0.05) is 56.4 Å². The molecule has 4 rings (SSSR count). The fourth-order valence-electron chi connectivity index (χ4n) is 4.25. The first-order valence-electron chi connectivity index (χ1n) is 11.0. The van der Waals surface area contributed by atoms with Crippen LogP contribution < -0.4 is 10.6 Å². The molecule has 2 aromatic carbocycles. The van der Waals surface area contributed by atoms with Crippen LogP contribution in [0.1, 0.15) is 23.1 Å². The highest BCUT2D eigenvalue weighted by molar-refractivity contribution is 6.30.